The van der Waals surface area contributed by atoms with E-state index in [0.29, 0.717) is 12.1 Å². The number of alkyl halides is 1. The lowest BCUT2D eigenvalue weighted by Gasteiger charge is -2.28. The van der Waals surface area contributed by atoms with Crippen molar-refractivity contribution in [3.63, 3.8) is 0 Å². The molecule has 1 radical (unpaired) electrons. The molecule has 0 unspecified atom stereocenters. The van der Waals surface area contributed by atoms with Crippen LogP contribution in [-0.2, 0) is 0 Å². The molecule has 0 aromatic heterocycles. The van der Waals surface area contributed by atoms with E-state index in [9.17, 15) is 0 Å². The fourth-order valence-corrected chi connectivity index (χ4v) is 1.37. The molecular formula is C9H18BBrN. The minimum absolute atomic E-state index is 0.574. The van der Waals surface area contributed by atoms with Crippen molar-refractivity contribution in [1.82, 2.24) is 4.81 Å². The van der Waals surface area contributed by atoms with Gasteiger partial charge in [0.05, 0.1) is 0 Å². The maximum atomic E-state index is 3.35. The number of nitrogens with zero attached hydrogens (tertiary/aromatic N) is 1. The molecule has 3 heteroatoms. The Morgan fingerprint density at radius 1 is 1.25 bits per heavy atom. The molecule has 0 saturated heterocycles. The van der Waals surface area contributed by atoms with Gasteiger partial charge in [-0.25, -0.2) is 0 Å². The van der Waals surface area contributed by atoms with E-state index in [0.717, 1.165) is 5.33 Å². The van der Waals surface area contributed by atoms with Crippen LogP contribution in [0.5, 0.6) is 0 Å². The van der Waals surface area contributed by atoms with Crippen LogP contribution in [0.4, 0.5) is 0 Å². The monoisotopic (exact) mass is 230 g/mol. The Morgan fingerprint density at radius 3 is 2.08 bits per heavy atom. The Kier molecular flexibility index (Phi) is 6.87. The molecule has 0 aliphatic rings. The van der Waals surface area contributed by atoms with Crippen molar-refractivity contribution < 1.29 is 0 Å². The van der Waals surface area contributed by atoms with Crippen LogP contribution in [0.15, 0.2) is 12.1 Å². The highest BCUT2D eigenvalue weighted by molar-refractivity contribution is 9.09. The van der Waals surface area contributed by atoms with Crippen molar-refractivity contribution in [2.24, 2.45) is 0 Å². The third kappa shape index (κ3) is 4.99. The Hall–Kier alpha value is 0.245. The molecule has 0 aromatic rings. The largest absolute Gasteiger partial charge is 0.338 e. The molecule has 0 saturated carbocycles. The molecule has 0 rings (SSSR count). The first kappa shape index (κ1) is 12.2. The van der Waals surface area contributed by atoms with E-state index < -0.39 is 0 Å². The highest BCUT2D eigenvalue weighted by Crippen LogP contribution is 2.02. The van der Waals surface area contributed by atoms with Gasteiger partial charge in [0.15, 0.2) is 0 Å². The molecule has 0 amide bonds. The van der Waals surface area contributed by atoms with E-state index in [2.05, 4.69) is 67.9 Å². The summed E-state index contributed by atoms with van der Waals surface area (Å²) in [5, 5.41) is 0.924. The van der Waals surface area contributed by atoms with Crippen LogP contribution in [0.1, 0.15) is 27.7 Å². The van der Waals surface area contributed by atoms with Crippen LogP contribution >= 0.6 is 15.9 Å². The van der Waals surface area contributed by atoms with Crippen molar-refractivity contribution in [2.45, 2.75) is 39.8 Å². The summed E-state index contributed by atoms with van der Waals surface area (Å²) < 4.78 is 0. The van der Waals surface area contributed by atoms with Crippen LogP contribution < -0.4 is 0 Å². The van der Waals surface area contributed by atoms with Gasteiger partial charge in [-0.15, -0.1) is 5.98 Å². The smallest absolute Gasteiger partial charge is 0.239 e. The topological polar surface area (TPSA) is 3.24 Å². The van der Waals surface area contributed by atoms with E-state index in [1.807, 2.05) is 0 Å². The predicted molar refractivity (Wildman–Crippen MR) is 60.8 cm³/mol. The molecule has 0 fully saturated rings. The van der Waals surface area contributed by atoms with Gasteiger partial charge >= 0.3 is 0 Å². The molecule has 0 aliphatic heterocycles. The first-order valence-electron chi connectivity index (χ1n) is 4.43. The Morgan fingerprint density at radius 2 is 1.75 bits per heavy atom. The molecule has 0 N–H and O–H groups in total. The lowest BCUT2D eigenvalue weighted by molar-refractivity contribution is 0.315. The van der Waals surface area contributed by atoms with Crippen LogP contribution in [0, 0.1) is 0 Å². The molecule has 0 heterocycles. The quantitative estimate of drug-likeness (QED) is 0.519. The molecule has 69 valence electrons. The maximum Gasteiger partial charge on any atom is 0.239 e. The minimum Gasteiger partial charge on any atom is -0.338 e. The van der Waals surface area contributed by atoms with Crippen molar-refractivity contribution >= 4 is 23.3 Å². The SMILES string of the molecule is CC(C)N([B]/C=C/CBr)C(C)C. The van der Waals surface area contributed by atoms with Crippen LogP contribution in [-0.4, -0.2) is 29.6 Å². The van der Waals surface area contributed by atoms with E-state index in [4.69, 9.17) is 0 Å². The molecule has 1 nitrogen and oxygen atoms in total. The van der Waals surface area contributed by atoms with Gasteiger partial charge in [0.25, 0.3) is 0 Å². The summed E-state index contributed by atoms with van der Waals surface area (Å²) in [6.45, 7) is 8.83. The van der Waals surface area contributed by atoms with Gasteiger partial charge in [-0.2, -0.15) is 0 Å². The average molecular weight is 231 g/mol. The van der Waals surface area contributed by atoms with Crippen LogP contribution in [0.25, 0.3) is 0 Å². The molecule has 0 aromatic carbocycles. The van der Waals surface area contributed by atoms with E-state index in [1.54, 1.807) is 0 Å². The fraction of sp³-hybridized carbons (Fsp3) is 0.778. The highest BCUT2D eigenvalue weighted by Gasteiger charge is 2.11. The lowest BCUT2D eigenvalue weighted by Crippen LogP contribution is -2.39. The molecule has 12 heavy (non-hydrogen) atoms. The Labute approximate surface area is 85.6 Å². The highest BCUT2D eigenvalue weighted by atomic mass is 79.9. The molecule has 0 atom stereocenters. The summed E-state index contributed by atoms with van der Waals surface area (Å²) in [5.41, 5.74) is 0. The first-order valence-corrected chi connectivity index (χ1v) is 5.55. The van der Waals surface area contributed by atoms with Gasteiger partial charge in [-0.05, 0) is 12.1 Å². The summed E-state index contributed by atoms with van der Waals surface area (Å²) in [7, 11) is 2.15. The predicted octanol–water partition coefficient (Wildman–Crippen LogP) is 2.63. The van der Waals surface area contributed by atoms with Crippen LogP contribution in [0.3, 0.4) is 0 Å². The van der Waals surface area contributed by atoms with Gasteiger partial charge in [0.2, 0.25) is 7.41 Å². The number of allylic oxidation sites excluding steroid dienone is 1. The Balaban J connectivity index is 3.88. The second-order valence-electron chi connectivity index (χ2n) is 3.37. The second-order valence-corrected chi connectivity index (χ2v) is 4.01. The zero-order valence-corrected chi connectivity index (χ0v) is 10.0. The summed E-state index contributed by atoms with van der Waals surface area (Å²) in [4.78, 5) is 2.33. The lowest BCUT2D eigenvalue weighted by atomic mass is 9.87. The number of halogens is 1. The van der Waals surface area contributed by atoms with Crippen molar-refractivity contribution in [3.05, 3.63) is 12.1 Å². The third-order valence-electron chi connectivity index (χ3n) is 1.68. The molecular weight excluding hydrogens is 213 g/mol. The summed E-state index contributed by atoms with van der Waals surface area (Å²) >= 11 is 3.35. The van der Waals surface area contributed by atoms with Crippen LogP contribution in [0.2, 0.25) is 0 Å². The van der Waals surface area contributed by atoms with Crippen molar-refractivity contribution in [3.8, 4) is 0 Å². The third-order valence-corrected chi connectivity index (χ3v) is 2.05. The summed E-state index contributed by atoms with van der Waals surface area (Å²) in [6.07, 6.45) is 2.10. The zero-order chi connectivity index (χ0) is 9.56. The fourth-order valence-electron chi connectivity index (χ4n) is 1.15. The van der Waals surface area contributed by atoms with Crippen molar-refractivity contribution in [1.29, 1.82) is 0 Å². The van der Waals surface area contributed by atoms with Crippen molar-refractivity contribution in [2.75, 3.05) is 5.33 Å². The normalized spacial score (nSPS) is 12.3. The maximum absolute atomic E-state index is 3.35. The molecule has 0 bridgehead atoms. The second kappa shape index (κ2) is 6.73. The minimum atomic E-state index is 0.574. The first-order chi connectivity index (χ1) is 5.59. The Bertz CT molecular complexity index is 126. The van der Waals surface area contributed by atoms with Gasteiger partial charge < -0.3 is 4.81 Å². The standard InChI is InChI=1S/C9H18BBrN/c1-8(2)12(9(3)4)10-6-5-7-11/h5-6,8-9H,7H2,1-4H3/b6-5+. The zero-order valence-electron chi connectivity index (χ0n) is 8.42. The van der Waals surface area contributed by atoms with Gasteiger partial charge in [-0.3, -0.25) is 0 Å². The number of hydrogen-bond acceptors (Lipinski definition) is 1. The van der Waals surface area contributed by atoms with E-state index in [1.165, 1.54) is 0 Å². The van der Waals surface area contributed by atoms with Gasteiger partial charge in [-0.1, -0.05) is 49.7 Å². The molecule has 0 aliphatic carbocycles. The van der Waals surface area contributed by atoms with E-state index in [-0.39, 0.29) is 0 Å². The van der Waals surface area contributed by atoms with Gasteiger partial charge in [0.1, 0.15) is 0 Å². The molecule has 0 spiro atoms. The number of hydrogen-bond donors (Lipinski definition) is 0. The number of rotatable bonds is 5. The average Bonchev–Trinajstić information content (AvgIpc) is 1.96. The summed E-state index contributed by atoms with van der Waals surface area (Å²) in [5.74, 6) is 2.09. The van der Waals surface area contributed by atoms with Gasteiger partial charge in [0, 0.05) is 5.33 Å². The van der Waals surface area contributed by atoms with E-state index >= 15 is 0 Å². The summed E-state index contributed by atoms with van der Waals surface area (Å²) in [6, 6.07) is 1.15.